The molecule has 0 saturated carbocycles. The Morgan fingerprint density at radius 1 is 1.03 bits per heavy atom. The molecule has 0 atom stereocenters. The molecule has 2 aliphatic heterocycles. The molecule has 2 amide bonds. The van der Waals surface area contributed by atoms with E-state index in [4.69, 9.17) is 19.5 Å². The number of nitrogens with zero attached hydrogens (tertiary/aromatic N) is 3. The van der Waals surface area contributed by atoms with Crippen LogP contribution in [0.1, 0.15) is 51.7 Å². The van der Waals surface area contributed by atoms with E-state index in [0.29, 0.717) is 43.1 Å². The number of aliphatic imine (C=N–C) groups is 2. The average Bonchev–Trinajstić information content (AvgIpc) is 3.21. The van der Waals surface area contributed by atoms with Gasteiger partial charge < -0.3 is 19.7 Å². The number of carbonyl (C=O) groups is 1. The molecule has 1 N–H and O–H groups in total. The topological polar surface area (TPSA) is 75.5 Å². The van der Waals surface area contributed by atoms with E-state index in [9.17, 15) is 4.79 Å². The number of urea groups is 1. The number of anilines is 1. The normalized spacial score (nSPS) is 17.0. The second kappa shape index (κ2) is 10.5. The lowest BCUT2D eigenvalue weighted by molar-refractivity contribution is 0.175. The van der Waals surface area contributed by atoms with Crippen molar-refractivity contribution >= 4 is 34.2 Å². The van der Waals surface area contributed by atoms with Gasteiger partial charge in [0.25, 0.3) is 0 Å². The van der Waals surface area contributed by atoms with Crippen molar-refractivity contribution in [1.29, 1.82) is 0 Å². The van der Waals surface area contributed by atoms with E-state index in [0.717, 1.165) is 22.1 Å². The van der Waals surface area contributed by atoms with Gasteiger partial charge >= 0.3 is 6.03 Å². The van der Waals surface area contributed by atoms with Gasteiger partial charge in [-0.15, -0.1) is 11.8 Å². The maximum atomic E-state index is 13.0. The monoisotopic (exact) mass is 508 g/mol. The smallest absolute Gasteiger partial charge is 0.321 e. The zero-order valence-corrected chi connectivity index (χ0v) is 22.9. The standard InChI is InChI=1S/C28H36N4O3S/c1-7-36-25-24(19-8-10-20(11-9-19)27(2,3)4)30-28(31-25)14-16-32(17-15-28)26(33)29-21-12-13-22(34-5)23(18-21)35-6/h8-13,18H,7,14-17H2,1-6H3,(H,29,33). The fourth-order valence-electron chi connectivity index (χ4n) is 4.48. The van der Waals surface area contributed by atoms with Gasteiger partial charge in [-0.3, -0.25) is 4.99 Å². The lowest BCUT2D eigenvalue weighted by Gasteiger charge is -2.35. The molecule has 1 saturated heterocycles. The van der Waals surface area contributed by atoms with Crippen LogP contribution in [-0.2, 0) is 5.41 Å². The molecular weight excluding hydrogens is 472 g/mol. The molecule has 7 nitrogen and oxygen atoms in total. The van der Waals surface area contributed by atoms with Crippen molar-refractivity contribution in [3.8, 4) is 11.5 Å². The van der Waals surface area contributed by atoms with E-state index in [1.807, 2.05) is 11.0 Å². The van der Waals surface area contributed by atoms with Gasteiger partial charge in [-0.2, -0.15) is 0 Å². The van der Waals surface area contributed by atoms with Crippen LogP contribution in [0.5, 0.6) is 11.5 Å². The highest BCUT2D eigenvalue weighted by molar-refractivity contribution is 8.15. The van der Waals surface area contributed by atoms with Gasteiger partial charge in [-0.25, -0.2) is 9.79 Å². The molecule has 2 heterocycles. The molecular formula is C28H36N4O3S. The molecule has 0 unspecified atom stereocenters. The zero-order valence-electron chi connectivity index (χ0n) is 22.1. The van der Waals surface area contributed by atoms with Gasteiger partial charge in [0.2, 0.25) is 0 Å². The number of likely N-dealkylation sites (tertiary alicyclic amines) is 1. The van der Waals surface area contributed by atoms with Gasteiger partial charge in [-0.1, -0.05) is 52.0 Å². The van der Waals surface area contributed by atoms with Crippen LogP contribution in [-0.4, -0.2) is 60.4 Å². The lowest BCUT2D eigenvalue weighted by atomic mass is 9.86. The van der Waals surface area contributed by atoms with Crippen molar-refractivity contribution in [3.63, 3.8) is 0 Å². The van der Waals surface area contributed by atoms with Gasteiger partial charge in [0, 0.05) is 43.2 Å². The highest BCUT2D eigenvalue weighted by Crippen LogP contribution is 2.36. The van der Waals surface area contributed by atoms with E-state index >= 15 is 0 Å². The van der Waals surface area contributed by atoms with E-state index in [-0.39, 0.29) is 11.4 Å². The third-order valence-electron chi connectivity index (χ3n) is 6.62. The highest BCUT2D eigenvalue weighted by Gasteiger charge is 2.40. The van der Waals surface area contributed by atoms with E-state index in [1.165, 1.54) is 5.56 Å². The van der Waals surface area contributed by atoms with Gasteiger partial charge in [0.05, 0.1) is 19.9 Å². The number of carbonyl (C=O) groups excluding carboxylic acids is 1. The molecule has 1 fully saturated rings. The zero-order chi connectivity index (χ0) is 25.9. The first-order valence-electron chi connectivity index (χ1n) is 12.4. The van der Waals surface area contributed by atoms with Crippen molar-refractivity contribution in [2.75, 3.05) is 38.4 Å². The molecule has 4 rings (SSSR count). The SMILES string of the molecule is CCSC1=NC2(CCN(C(=O)Nc3ccc(OC)c(OC)c3)CC2)N=C1c1ccc(C(C)(C)C)cc1. The highest BCUT2D eigenvalue weighted by atomic mass is 32.2. The number of benzene rings is 2. The first kappa shape index (κ1) is 26.1. The van der Waals surface area contributed by atoms with E-state index < -0.39 is 5.66 Å². The largest absolute Gasteiger partial charge is 0.493 e. The maximum absolute atomic E-state index is 13.0. The lowest BCUT2D eigenvalue weighted by Crippen LogP contribution is -2.46. The Hall–Kier alpha value is -3.00. The summed E-state index contributed by atoms with van der Waals surface area (Å²) in [6.45, 7) is 9.98. The second-order valence-electron chi connectivity index (χ2n) is 10.1. The summed E-state index contributed by atoms with van der Waals surface area (Å²) in [5.41, 5.74) is 3.66. The predicted octanol–water partition coefficient (Wildman–Crippen LogP) is 5.98. The van der Waals surface area contributed by atoms with Gasteiger partial charge in [-0.05, 0) is 28.9 Å². The Labute approximate surface area is 218 Å². The Balaban J connectivity index is 1.46. The molecule has 2 aromatic rings. The molecule has 8 heteroatoms. The molecule has 0 aromatic heterocycles. The summed E-state index contributed by atoms with van der Waals surface area (Å²) in [6.07, 6.45) is 1.40. The molecule has 1 spiro atoms. The van der Waals surface area contributed by atoms with E-state index in [1.54, 1.807) is 38.1 Å². The molecule has 192 valence electrons. The minimum absolute atomic E-state index is 0.108. The van der Waals surface area contributed by atoms with Crippen molar-refractivity contribution < 1.29 is 14.3 Å². The first-order chi connectivity index (χ1) is 17.2. The van der Waals surface area contributed by atoms with Crippen LogP contribution in [0.15, 0.2) is 52.4 Å². The average molecular weight is 509 g/mol. The van der Waals surface area contributed by atoms with Crippen LogP contribution in [0.2, 0.25) is 0 Å². The summed E-state index contributed by atoms with van der Waals surface area (Å²) in [5, 5.41) is 3.98. The minimum Gasteiger partial charge on any atom is -0.493 e. The van der Waals surface area contributed by atoms with Crippen LogP contribution in [0.3, 0.4) is 0 Å². The third-order valence-corrected chi connectivity index (χ3v) is 7.47. The Morgan fingerprint density at radius 3 is 2.28 bits per heavy atom. The summed E-state index contributed by atoms with van der Waals surface area (Å²) in [6, 6.07) is 13.9. The number of methoxy groups -OCH3 is 2. The summed E-state index contributed by atoms with van der Waals surface area (Å²) in [5.74, 6) is 2.14. The summed E-state index contributed by atoms with van der Waals surface area (Å²) in [4.78, 5) is 25.1. The number of hydrogen-bond acceptors (Lipinski definition) is 6. The van der Waals surface area contributed by atoms with Crippen molar-refractivity contribution in [2.45, 2.75) is 51.6 Å². The summed E-state index contributed by atoms with van der Waals surface area (Å²) >= 11 is 1.74. The number of rotatable bonds is 5. The van der Waals surface area contributed by atoms with Gasteiger partial charge in [0.1, 0.15) is 5.04 Å². The Kier molecular flexibility index (Phi) is 7.64. The fraction of sp³-hybridized carbons (Fsp3) is 0.464. The number of ether oxygens (including phenoxy) is 2. The number of nitrogens with one attached hydrogen (secondary N) is 1. The summed E-state index contributed by atoms with van der Waals surface area (Å²) < 4.78 is 10.6. The Morgan fingerprint density at radius 2 is 1.69 bits per heavy atom. The number of amides is 2. The van der Waals surface area contributed by atoms with E-state index in [2.05, 4.69) is 57.3 Å². The first-order valence-corrected chi connectivity index (χ1v) is 13.4. The Bertz CT molecular complexity index is 1160. The van der Waals surface area contributed by atoms with Crippen LogP contribution in [0.25, 0.3) is 0 Å². The quantitative estimate of drug-likeness (QED) is 0.539. The number of piperidine rings is 1. The fourth-order valence-corrected chi connectivity index (χ4v) is 5.29. The number of thioether (sulfide) groups is 1. The minimum atomic E-state index is -0.490. The summed E-state index contributed by atoms with van der Waals surface area (Å²) in [7, 11) is 3.17. The van der Waals surface area contributed by atoms with Gasteiger partial charge in [0.15, 0.2) is 17.2 Å². The second-order valence-corrected chi connectivity index (χ2v) is 11.4. The molecule has 2 aliphatic rings. The molecule has 0 aliphatic carbocycles. The molecule has 0 bridgehead atoms. The maximum Gasteiger partial charge on any atom is 0.321 e. The number of hydrogen-bond donors (Lipinski definition) is 1. The molecule has 0 radical (unpaired) electrons. The molecule has 36 heavy (non-hydrogen) atoms. The van der Waals surface area contributed by atoms with Crippen LogP contribution in [0.4, 0.5) is 10.5 Å². The van der Waals surface area contributed by atoms with Crippen LogP contribution < -0.4 is 14.8 Å². The third kappa shape index (κ3) is 5.53. The van der Waals surface area contributed by atoms with Crippen molar-refractivity contribution in [3.05, 3.63) is 53.6 Å². The van der Waals surface area contributed by atoms with Crippen molar-refractivity contribution in [1.82, 2.24) is 4.90 Å². The van der Waals surface area contributed by atoms with Crippen LogP contribution in [0, 0.1) is 0 Å². The van der Waals surface area contributed by atoms with Crippen molar-refractivity contribution in [2.24, 2.45) is 9.98 Å². The predicted molar refractivity (Wildman–Crippen MR) is 149 cm³/mol. The van der Waals surface area contributed by atoms with Crippen LogP contribution >= 0.6 is 11.8 Å². The molecule has 2 aromatic carbocycles.